The summed E-state index contributed by atoms with van der Waals surface area (Å²) in [6.07, 6.45) is 0. The molecule has 0 aromatic heterocycles. The molecule has 0 aliphatic carbocycles. The largest absolute Gasteiger partial charge is 0.0616 e. The van der Waals surface area contributed by atoms with Gasteiger partial charge in [-0.1, -0.05) is 88.4 Å². The number of hydrogen-bond donors (Lipinski definition) is 0. The zero-order chi connectivity index (χ0) is 15.7. The van der Waals surface area contributed by atoms with Crippen LogP contribution in [0.2, 0.25) is 0 Å². The van der Waals surface area contributed by atoms with Crippen molar-refractivity contribution < 1.29 is 0 Å². The standard InChI is InChI=1S/C22H24/c1-15(2)19-13-12-18(14-22(19)16(3)4)21-11-7-9-17-8-5-6-10-20(17)21/h5-16H,1-4H3. The van der Waals surface area contributed by atoms with E-state index in [1.807, 2.05) is 0 Å². The first-order valence-corrected chi connectivity index (χ1v) is 8.20. The van der Waals surface area contributed by atoms with Gasteiger partial charge in [0, 0.05) is 0 Å². The van der Waals surface area contributed by atoms with Gasteiger partial charge in [-0.2, -0.15) is 0 Å². The van der Waals surface area contributed by atoms with Crippen molar-refractivity contribution in [1.82, 2.24) is 0 Å². The molecule has 0 bridgehead atoms. The maximum Gasteiger partial charge on any atom is -0.0105 e. The van der Waals surface area contributed by atoms with E-state index in [1.165, 1.54) is 33.0 Å². The number of hydrogen-bond acceptors (Lipinski definition) is 0. The fraction of sp³-hybridized carbons (Fsp3) is 0.273. The Morgan fingerprint density at radius 3 is 2.05 bits per heavy atom. The van der Waals surface area contributed by atoms with E-state index in [1.54, 1.807) is 0 Å². The van der Waals surface area contributed by atoms with Gasteiger partial charge in [-0.15, -0.1) is 0 Å². The second kappa shape index (κ2) is 5.96. The van der Waals surface area contributed by atoms with Gasteiger partial charge in [-0.05, 0) is 44.9 Å². The topological polar surface area (TPSA) is 0 Å². The predicted molar refractivity (Wildman–Crippen MR) is 97.6 cm³/mol. The van der Waals surface area contributed by atoms with Crippen molar-refractivity contribution in [3.8, 4) is 11.1 Å². The average molecular weight is 288 g/mol. The lowest BCUT2D eigenvalue weighted by Crippen LogP contribution is -1.99. The summed E-state index contributed by atoms with van der Waals surface area (Å²) in [5.41, 5.74) is 5.60. The quantitative estimate of drug-likeness (QED) is 0.500. The van der Waals surface area contributed by atoms with Gasteiger partial charge in [-0.25, -0.2) is 0 Å². The molecule has 0 spiro atoms. The van der Waals surface area contributed by atoms with Crippen LogP contribution < -0.4 is 0 Å². The maximum atomic E-state index is 2.39. The van der Waals surface area contributed by atoms with Gasteiger partial charge in [0.2, 0.25) is 0 Å². The van der Waals surface area contributed by atoms with Crippen LogP contribution in [0.15, 0.2) is 60.7 Å². The van der Waals surface area contributed by atoms with Crippen LogP contribution in [0.1, 0.15) is 50.7 Å². The molecule has 0 heteroatoms. The Bertz CT molecular complexity index is 789. The van der Waals surface area contributed by atoms with Crippen molar-refractivity contribution in [2.45, 2.75) is 39.5 Å². The van der Waals surface area contributed by atoms with Crippen LogP contribution in [-0.4, -0.2) is 0 Å². The normalized spacial score (nSPS) is 11.5. The monoisotopic (exact) mass is 288 g/mol. The predicted octanol–water partition coefficient (Wildman–Crippen LogP) is 6.75. The van der Waals surface area contributed by atoms with Crippen LogP contribution in [-0.2, 0) is 0 Å². The van der Waals surface area contributed by atoms with Crippen LogP contribution in [0.25, 0.3) is 21.9 Å². The van der Waals surface area contributed by atoms with E-state index in [0.717, 1.165) is 0 Å². The molecular weight excluding hydrogens is 264 g/mol. The molecule has 112 valence electrons. The van der Waals surface area contributed by atoms with E-state index in [-0.39, 0.29) is 0 Å². The van der Waals surface area contributed by atoms with E-state index in [9.17, 15) is 0 Å². The van der Waals surface area contributed by atoms with Crippen molar-refractivity contribution in [3.05, 3.63) is 71.8 Å². The summed E-state index contributed by atoms with van der Waals surface area (Å²) in [5, 5.41) is 2.64. The van der Waals surface area contributed by atoms with Crippen molar-refractivity contribution >= 4 is 10.8 Å². The Labute approximate surface area is 133 Å². The van der Waals surface area contributed by atoms with Crippen LogP contribution in [0, 0.1) is 0 Å². The Kier molecular flexibility index (Phi) is 4.02. The third kappa shape index (κ3) is 2.66. The van der Waals surface area contributed by atoms with Gasteiger partial charge in [0.15, 0.2) is 0 Å². The molecule has 22 heavy (non-hydrogen) atoms. The minimum absolute atomic E-state index is 0.548. The summed E-state index contributed by atoms with van der Waals surface area (Å²) in [6, 6.07) is 22.2. The number of benzene rings is 3. The van der Waals surface area contributed by atoms with Crippen molar-refractivity contribution in [1.29, 1.82) is 0 Å². The molecule has 0 unspecified atom stereocenters. The second-order valence-corrected chi connectivity index (χ2v) is 6.68. The zero-order valence-corrected chi connectivity index (χ0v) is 13.9. The van der Waals surface area contributed by atoms with Crippen LogP contribution in [0.5, 0.6) is 0 Å². The van der Waals surface area contributed by atoms with Crippen molar-refractivity contribution in [3.63, 3.8) is 0 Å². The molecule has 0 N–H and O–H groups in total. The molecule has 0 saturated heterocycles. The highest BCUT2D eigenvalue weighted by molar-refractivity contribution is 5.96. The van der Waals surface area contributed by atoms with Crippen LogP contribution >= 0.6 is 0 Å². The fourth-order valence-corrected chi connectivity index (χ4v) is 3.25. The first kappa shape index (κ1) is 14.8. The molecule has 3 rings (SSSR count). The highest BCUT2D eigenvalue weighted by atomic mass is 14.2. The van der Waals surface area contributed by atoms with Gasteiger partial charge in [-0.3, -0.25) is 0 Å². The van der Waals surface area contributed by atoms with E-state index in [0.29, 0.717) is 11.8 Å². The minimum atomic E-state index is 0.548. The zero-order valence-electron chi connectivity index (χ0n) is 13.9. The minimum Gasteiger partial charge on any atom is -0.0616 e. The first-order valence-electron chi connectivity index (χ1n) is 8.20. The SMILES string of the molecule is CC(C)c1ccc(-c2cccc3ccccc23)cc1C(C)C. The van der Waals surface area contributed by atoms with E-state index in [2.05, 4.69) is 88.4 Å². The average Bonchev–Trinajstić information content (AvgIpc) is 2.53. The summed E-state index contributed by atoms with van der Waals surface area (Å²) in [4.78, 5) is 0. The molecule has 0 aliphatic heterocycles. The Balaban J connectivity index is 2.21. The lowest BCUT2D eigenvalue weighted by molar-refractivity contribution is 0.791. The Morgan fingerprint density at radius 1 is 0.636 bits per heavy atom. The van der Waals surface area contributed by atoms with Crippen LogP contribution in [0.3, 0.4) is 0 Å². The fourth-order valence-electron chi connectivity index (χ4n) is 3.25. The number of rotatable bonds is 3. The van der Waals surface area contributed by atoms with Gasteiger partial charge < -0.3 is 0 Å². The molecule has 0 nitrogen and oxygen atoms in total. The van der Waals surface area contributed by atoms with E-state index >= 15 is 0 Å². The summed E-state index contributed by atoms with van der Waals surface area (Å²) in [6.45, 7) is 9.12. The highest BCUT2D eigenvalue weighted by Crippen LogP contribution is 2.34. The smallest absolute Gasteiger partial charge is 0.0105 e. The number of fused-ring (bicyclic) bond motifs is 1. The third-order valence-electron chi connectivity index (χ3n) is 4.43. The second-order valence-electron chi connectivity index (χ2n) is 6.68. The van der Waals surface area contributed by atoms with Gasteiger partial charge in [0.05, 0.1) is 0 Å². The molecule has 0 radical (unpaired) electrons. The Morgan fingerprint density at radius 2 is 1.32 bits per heavy atom. The summed E-state index contributed by atoms with van der Waals surface area (Å²) in [5.74, 6) is 1.12. The molecule has 0 atom stereocenters. The van der Waals surface area contributed by atoms with Crippen LogP contribution in [0.4, 0.5) is 0 Å². The lowest BCUT2D eigenvalue weighted by Gasteiger charge is -2.18. The van der Waals surface area contributed by atoms with Crippen molar-refractivity contribution in [2.75, 3.05) is 0 Å². The molecule has 3 aromatic rings. The molecule has 0 heterocycles. The maximum absolute atomic E-state index is 2.39. The Hall–Kier alpha value is -2.08. The molecule has 0 aliphatic rings. The molecule has 0 fully saturated rings. The molecule has 0 saturated carbocycles. The molecular formula is C22H24. The summed E-state index contributed by atoms with van der Waals surface area (Å²) in [7, 11) is 0. The lowest BCUT2D eigenvalue weighted by atomic mass is 9.87. The van der Waals surface area contributed by atoms with Gasteiger partial charge in [0.25, 0.3) is 0 Å². The van der Waals surface area contributed by atoms with Gasteiger partial charge in [0.1, 0.15) is 0 Å². The van der Waals surface area contributed by atoms with Crippen molar-refractivity contribution in [2.24, 2.45) is 0 Å². The van der Waals surface area contributed by atoms with E-state index < -0.39 is 0 Å². The highest BCUT2D eigenvalue weighted by Gasteiger charge is 2.12. The first-order chi connectivity index (χ1) is 10.6. The molecule has 0 amide bonds. The molecule has 3 aromatic carbocycles. The summed E-state index contributed by atoms with van der Waals surface area (Å²) >= 11 is 0. The third-order valence-corrected chi connectivity index (χ3v) is 4.43. The summed E-state index contributed by atoms with van der Waals surface area (Å²) < 4.78 is 0. The van der Waals surface area contributed by atoms with E-state index in [4.69, 9.17) is 0 Å². The van der Waals surface area contributed by atoms with Gasteiger partial charge >= 0.3 is 0 Å².